The predicted octanol–water partition coefficient (Wildman–Crippen LogP) is 5.01. The number of carbonyl (C=O) groups is 2. The zero-order valence-electron chi connectivity index (χ0n) is 16.6. The predicted molar refractivity (Wildman–Crippen MR) is 109 cm³/mol. The van der Waals surface area contributed by atoms with E-state index in [2.05, 4.69) is 15.6 Å². The standard InChI is InChI=1S/C22H20F3N3O2/c1-12-16-6-4-5-7-19(16)26-13(2)17(12)11-21(30)28-20-9-8-15(27-14(3)29)10-18(20)22(23,24)25/h4-10H,11H2,1-3H3,(H,27,29)(H,28,30). The Morgan fingerprint density at radius 2 is 1.73 bits per heavy atom. The number of fused-ring (bicyclic) bond motifs is 1. The Morgan fingerprint density at radius 3 is 2.40 bits per heavy atom. The maximum Gasteiger partial charge on any atom is 0.418 e. The van der Waals surface area contributed by atoms with E-state index in [1.807, 2.05) is 31.2 Å². The summed E-state index contributed by atoms with van der Waals surface area (Å²) in [4.78, 5) is 28.2. The second-order valence-corrected chi connectivity index (χ2v) is 6.98. The summed E-state index contributed by atoms with van der Waals surface area (Å²) in [5, 5.41) is 5.55. The number of hydrogen-bond donors (Lipinski definition) is 2. The van der Waals surface area contributed by atoms with Crippen molar-refractivity contribution >= 4 is 34.1 Å². The molecule has 0 saturated heterocycles. The van der Waals surface area contributed by atoms with E-state index in [1.54, 1.807) is 6.92 Å². The minimum atomic E-state index is -4.70. The third-order valence-corrected chi connectivity index (χ3v) is 4.74. The fraction of sp³-hybridized carbons (Fsp3) is 0.227. The monoisotopic (exact) mass is 415 g/mol. The van der Waals surface area contributed by atoms with Crippen molar-refractivity contribution in [1.29, 1.82) is 0 Å². The van der Waals surface area contributed by atoms with Crippen molar-refractivity contribution in [3.05, 3.63) is 64.8 Å². The topological polar surface area (TPSA) is 71.1 Å². The van der Waals surface area contributed by atoms with Gasteiger partial charge in [-0.3, -0.25) is 14.6 Å². The molecule has 2 N–H and O–H groups in total. The Balaban J connectivity index is 1.90. The van der Waals surface area contributed by atoms with Gasteiger partial charge in [-0.25, -0.2) is 0 Å². The smallest absolute Gasteiger partial charge is 0.326 e. The van der Waals surface area contributed by atoms with Crippen LogP contribution >= 0.6 is 0 Å². The molecule has 156 valence electrons. The molecule has 30 heavy (non-hydrogen) atoms. The second kappa shape index (κ2) is 8.14. The number of nitrogens with one attached hydrogen (secondary N) is 2. The third kappa shape index (κ3) is 4.59. The number of pyridine rings is 1. The van der Waals surface area contributed by atoms with E-state index in [4.69, 9.17) is 0 Å². The fourth-order valence-electron chi connectivity index (χ4n) is 3.35. The van der Waals surface area contributed by atoms with Gasteiger partial charge in [-0.05, 0) is 49.2 Å². The summed E-state index contributed by atoms with van der Waals surface area (Å²) < 4.78 is 40.4. The molecule has 0 aliphatic carbocycles. The van der Waals surface area contributed by atoms with Gasteiger partial charge in [0.05, 0.1) is 23.2 Å². The lowest BCUT2D eigenvalue weighted by Crippen LogP contribution is -2.20. The van der Waals surface area contributed by atoms with Crippen LogP contribution in [0, 0.1) is 13.8 Å². The van der Waals surface area contributed by atoms with Crippen LogP contribution in [0.15, 0.2) is 42.5 Å². The van der Waals surface area contributed by atoms with Gasteiger partial charge in [0.15, 0.2) is 0 Å². The summed E-state index contributed by atoms with van der Waals surface area (Å²) in [5.74, 6) is -1.08. The maximum atomic E-state index is 13.5. The minimum Gasteiger partial charge on any atom is -0.326 e. The lowest BCUT2D eigenvalue weighted by Gasteiger charge is -2.17. The highest BCUT2D eigenvalue weighted by atomic mass is 19.4. The number of aryl methyl sites for hydroxylation is 2. The number of carbonyl (C=O) groups excluding carboxylic acids is 2. The van der Waals surface area contributed by atoms with Crippen LogP contribution in [0.2, 0.25) is 0 Å². The molecule has 0 bridgehead atoms. The van der Waals surface area contributed by atoms with Gasteiger partial charge >= 0.3 is 6.18 Å². The van der Waals surface area contributed by atoms with Crippen LogP contribution in [0.25, 0.3) is 10.9 Å². The van der Waals surface area contributed by atoms with E-state index in [1.165, 1.54) is 13.0 Å². The average molecular weight is 415 g/mol. The number of aromatic nitrogens is 1. The molecule has 1 heterocycles. The molecule has 0 saturated carbocycles. The number of nitrogens with zero attached hydrogens (tertiary/aromatic N) is 1. The first-order chi connectivity index (χ1) is 14.1. The number of benzene rings is 2. The van der Waals surface area contributed by atoms with Gasteiger partial charge in [0.25, 0.3) is 0 Å². The SMILES string of the molecule is CC(=O)Nc1ccc(NC(=O)Cc2c(C)nc3ccccc3c2C)c(C(F)(F)F)c1. The summed E-state index contributed by atoms with van der Waals surface area (Å²) >= 11 is 0. The van der Waals surface area contributed by atoms with Crippen LogP contribution < -0.4 is 10.6 Å². The molecule has 3 aromatic rings. The van der Waals surface area contributed by atoms with Gasteiger partial charge < -0.3 is 10.6 Å². The van der Waals surface area contributed by atoms with Crippen molar-refractivity contribution < 1.29 is 22.8 Å². The number of hydrogen-bond acceptors (Lipinski definition) is 3. The van der Waals surface area contributed by atoms with E-state index in [0.717, 1.165) is 28.6 Å². The number of alkyl halides is 3. The van der Waals surface area contributed by atoms with Crippen LogP contribution in [-0.4, -0.2) is 16.8 Å². The quantitative estimate of drug-likeness (QED) is 0.629. The molecule has 0 aliphatic heterocycles. The molecule has 8 heteroatoms. The Morgan fingerprint density at radius 1 is 1.03 bits per heavy atom. The Labute approximate surface area is 171 Å². The highest BCUT2D eigenvalue weighted by Gasteiger charge is 2.34. The Bertz CT molecular complexity index is 1140. The van der Waals surface area contributed by atoms with Gasteiger partial charge in [0.1, 0.15) is 0 Å². The molecule has 2 aromatic carbocycles. The molecule has 3 rings (SSSR count). The molecule has 0 unspecified atom stereocenters. The number of amides is 2. The molecule has 0 spiro atoms. The fourth-order valence-corrected chi connectivity index (χ4v) is 3.35. The zero-order chi connectivity index (χ0) is 22.1. The molecular formula is C22H20F3N3O2. The van der Waals surface area contributed by atoms with Crippen LogP contribution in [0.3, 0.4) is 0 Å². The molecule has 2 amide bonds. The number of anilines is 2. The Hall–Kier alpha value is -3.42. The summed E-state index contributed by atoms with van der Waals surface area (Å²) in [6.45, 7) is 4.83. The zero-order valence-corrected chi connectivity index (χ0v) is 16.6. The lowest BCUT2D eigenvalue weighted by molar-refractivity contribution is -0.137. The first-order valence-corrected chi connectivity index (χ1v) is 9.19. The van der Waals surface area contributed by atoms with Gasteiger partial charge in [0.2, 0.25) is 11.8 Å². The molecule has 0 fully saturated rings. The number of para-hydroxylation sites is 1. The molecule has 1 aromatic heterocycles. The molecule has 0 radical (unpaired) electrons. The van der Waals surface area contributed by atoms with Crippen LogP contribution in [0.5, 0.6) is 0 Å². The largest absolute Gasteiger partial charge is 0.418 e. The highest BCUT2D eigenvalue weighted by Crippen LogP contribution is 2.36. The van der Waals surface area contributed by atoms with E-state index in [0.29, 0.717) is 11.3 Å². The lowest BCUT2D eigenvalue weighted by atomic mass is 9.99. The molecule has 0 atom stereocenters. The summed E-state index contributed by atoms with van der Waals surface area (Å²) in [6, 6.07) is 10.7. The van der Waals surface area contributed by atoms with E-state index >= 15 is 0 Å². The minimum absolute atomic E-state index is 0.00163. The maximum absolute atomic E-state index is 13.5. The average Bonchev–Trinajstić information content (AvgIpc) is 2.65. The third-order valence-electron chi connectivity index (χ3n) is 4.74. The van der Waals surface area contributed by atoms with Crippen LogP contribution in [-0.2, 0) is 22.2 Å². The number of halogens is 3. The van der Waals surface area contributed by atoms with Crippen molar-refractivity contribution in [2.24, 2.45) is 0 Å². The van der Waals surface area contributed by atoms with Gasteiger partial charge in [0, 0.05) is 23.7 Å². The van der Waals surface area contributed by atoms with Gasteiger partial charge in [-0.1, -0.05) is 18.2 Å². The number of rotatable bonds is 4. The highest BCUT2D eigenvalue weighted by molar-refractivity contribution is 5.95. The van der Waals surface area contributed by atoms with Gasteiger partial charge in [-0.15, -0.1) is 0 Å². The molecule has 0 aliphatic rings. The van der Waals surface area contributed by atoms with E-state index < -0.39 is 23.6 Å². The van der Waals surface area contributed by atoms with E-state index in [-0.39, 0.29) is 17.8 Å². The normalized spacial score (nSPS) is 11.4. The van der Waals surface area contributed by atoms with E-state index in [9.17, 15) is 22.8 Å². The van der Waals surface area contributed by atoms with Crippen LogP contribution in [0.4, 0.5) is 24.5 Å². The Kier molecular flexibility index (Phi) is 5.78. The van der Waals surface area contributed by atoms with Gasteiger partial charge in [-0.2, -0.15) is 13.2 Å². The first kappa shape index (κ1) is 21.3. The molecule has 5 nitrogen and oxygen atoms in total. The van der Waals surface area contributed by atoms with Crippen LogP contribution in [0.1, 0.15) is 29.3 Å². The summed E-state index contributed by atoms with van der Waals surface area (Å²) in [5.41, 5.74) is 1.58. The summed E-state index contributed by atoms with van der Waals surface area (Å²) in [6.07, 6.45) is -4.81. The van der Waals surface area contributed by atoms with Crippen molar-refractivity contribution in [2.45, 2.75) is 33.4 Å². The van der Waals surface area contributed by atoms with Crippen molar-refractivity contribution in [1.82, 2.24) is 4.98 Å². The van der Waals surface area contributed by atoms with Crippen molar-refractivity contribution in [3.8, 4) is 0 Å². The first-order valence-electron chi connectivity index (χ1n) is 9.19. The summed E-state index contributed by atoms with van der Waals surface area (Å²) in [7, 11) is 0. The second-order valence-electron chi connectivity index (χ2n) is 6.98. The van der Waals surface area contributed by atoms with Crippen molar-refractivity contribution in [3.63, 3.8) is 0 Å². The van der Waals surface area contributed by atoms with Crippen molar-refractivity contribution in [2.75, 3.05) is 10.6 Å². The molecular weight excluding hydrogens is 395 g/mol.